The van der Waals surface area contributed by atoms with Gasteiger partial charge in [0, 0.05) is 6.07 Å². The number of carbonyl (C=O) groups is 1. The van der Waals surface area contributed by atoms with Crippen LogP contribution in [0, 0.1) is 5.82 Å². The van der Waals surface area contributed by atoms with Crippen molar-refractivity contribution < 1.29 is 32.2 Å². The van der Waals surface area contributed by atoms with Crippen molar-refractivity contribution in [3.8, 4) is 11.4 Å². The summed E-state index contributed by atoms with van der Waals surface area (Å²) in [6.45, 7) is 0.556. The molecule has 0 aromatic carbocycles. The number of halogens is 4. The number of aromatic nitrogens is 3. The van der Waals surface area contributed by atoms with Crippen molar-refractivity contribution in [3.63, 3.8) is 0 Å². The molecule has 0 fully saturated rings. The molecule has 130 valence electrons. The van der Waals surface area contributed by atoms with E-state index in [0.717, 1.165) is 12.3 Å². The maximum atomic E-state index is 12.9. The van der Waals surface area contributed by atoms with E-state index in [9.17, 15) is 27.5 Å². The summed E-state index contributed by atoms with van der Waals surface area (Å²) in [6.07, 6.45) is -6.67. The minimum Gasteiger partial charge on any atom is -0.461 e. The highest BCUT2D eigenvalue weighted by Crippen LogP contribution is 2.23. The summed E-state index contributed by atoms with van der Waals surface area (Å²) >= 11 is 0. The summed E-state index contributed by atoms with van der Waals surface area (Å²) in [4.78, 5) is 15.6. The number of hydrogen-bond acceptors (Lipinski definition) is 5. The molecule has 0 bridgehead atoms. The molecule has 0 saturated carbocycles. The van der Waals surface area contributed by atoms with Crippen LogP contribution in [-0.4, -0.2) is 44.7 Å². The largest absolute Gasteiger partial charge is 0.461 e. The van der Waals surface area contributed by atoms with Gasteiger partial charge in [-0.05, 0) is 19.1 Å². The number of rotatable bonds is 5. The molecular formula is C14H13F4N3O3. The van der Waals surface area contributed by atoms with Crippen LogP contribution >= 0.6 is 0 Å². The van der Waals surface area contributed by atoms with Gasteiger partial charge < -0.3 is 9.84 Å². The van der Waals surface area contributed by atoms with Gasteiger partial charge in [0.15, 0.2) is 6.10 Å². The molecule has 0 saturated heterocycles. The minimum absolute atomic E-state index is 0.00989. The molecule has 2 aromatic heterocycles. The molecule has 0 spiro atoms. The van der Waals surface area contributed by atoms with E-state index in [2.05, 4.69) is 10.1 Å². The summed E-state index contributed by atoms with van der Waals surface area (Å²) in [6, 6.07) is 3.52. The zero-order valence-electron chi connectivity index (χ0n) is 12.4. The topological polar surface area (TPSA) is 77.2 Å². The molecule has 6 nitrogen and oxygen atoms in total. The molecule has 1 atom stereocenters. The third-order valence-corrected chi connectivity index (χ3v) is 2.98. The van der Waals surface area contributed by atoms with Gasteiger partial charge >= 0.3 is 12.1 Å². The molecule has 0 amide bonds. The average molecular weight is 347 g/mol. The smallest absolute Gasteiger partial charge is 0.416 e. The van der Waals surface area contributed by atoms with Crippen molar-refractivity contribution in [1.82, 2.24) is 14.8 Å². The Hall–Kier alpha value is -2.49. The zero-order valence-corrected chi connectivity index (χ0v) is 12.4. The van der Waals surface area contributed by atoms with Gasteiger partial charge in [0.2, 0.25) is 0 Å². The summed E-state index contributed by atoms with van der Waals surface area (Å²) in [5.74, 6) is -1.50. The molecule has 0 aliphatic rings. The van der Waals surface area contributed by atoms with Crippen molar-refractivity contribution in [2.75, 3.05) is 6.61 Å². The molecule has 0 aliphatic heterocycles. The van der Waals surface area contributed by atoms with Gasteiger partial charge in [-0.3, -0.25) is 9.67 Å². The number of ether oxygens (including phenoxy) is 1. The quantitative estimate of drug-likeness (QED) is 0.663. The highest BCUT2D eigenvalue weighted by atomic mass is 19.4. The monoisotopic (exact) mass is 347 g/mol. The number of esters is 1. The summed E-state index contributed by atoms with van der Waals surface area (Å²) in [7, 11) is 0. The number of aliphatic hydroxyl groups excluding tert-OH is 1. The number of aliphatic hydroxyl groups is 1. The van der Waals surface area contributed by atoms with E-state index >= 15 is 0 Å². The fourth-order valence-electron chi connectivity index (χ4n) is 1.85. The Morgan fingerprint density at radius 3 is 2.62 bits per heavy atom. The number of nitrogens with zero attached hydrogens (tertiary/aromatic N) is 3. The van der Waals surface area contributed by atoms with Gasteiger partial charge in [-0.2, -0.15) is 18.3 Å². The molecule has 0 aliphatic carbocycles. The number of carbonyl (C=O) groups excluding carboxylic acids is 1. The van der Waals surface area contributed by atoms with Crippen LogP contribution in [-0.2, 0) is 11.3 Å². The Morgan fingerprint density at radius 1 is 1.38 bits per heavy atom. The lowest BCUT2D eigenvalue weighted by Gasteiger charge is -2.15. The van der Waals surface area contributed by atoms with E-state index in [1.54, 1.807) is 0 Å². The lowest BCUT2D eigenvalue weighted by molar-refractivity contribution is -0.208. The molecule has 0 radical (unpaired) electrons. The first-order chi connectivity index (χ1) is 11.2. The second-order valence-corrected chi connectivity index (χ2v) is 4.74. The predicted molar refractivity (Wildman–Crippen MR) is 73.4 cm³/mol. The maximum absolute atomic E-state index is 12.9. The average Bonchev–Trinajstić information content (AvgIpc) is 2.91. The molecule has 10 heteroatoms. The first-order valence-corrected chi connectivity index (χ1v) is 6.84. The van der Waals surface area contributed by atoms with E-state index in [0.29, 0.717) is 4.68 Å². The van der Waals surface area contributed by atoms with Crippen LogP contribution < -0.4 is 0 Å². The van der Waals surface area contributed by atoms with E-state index in [-0.39, 0.29) is 23.7 Å². The summed E-state index contributed by atoms with van der Waals surface area (Å²) in [5.41, 5.74) is -0.0732. The van der Waals surface area contributed by atoms with Gasteiger partial charge in [-0.25, -0.2) is 9.18 Å². The number of hydrogen-bond donors (Lipinski definition) is 1. The van der Waals surface area contributed by atoms with Crippen LogP contribution in [0.25, 0.3) is 11.4 Å². The number of alkyl halides is 3. The second-order valence-electron chi connectivity index (χ2n) is 4.74. The Labute approximate surface area is 133 Å². The Bertz CT molecular complexity index is 713. The van der Waals surface area contributed by atoms with Crippen molar-refractivity contribution in [3.05, 3.63) is 35.9 Å². The van der Waals surface area contributed by atoms with Crippen molar-refractivity contribution >= 4 is 5.97 Å². The molecule has 2 rings (SSSR count). The van der Waals surface area contributed by atoms with Gasteiger partial charge in [0.1, 0.15) is 17.2 Å². The van der Waals surface area contributed by atoms with Gasteiger partial charge in [-0.1, -0.05) is 0 Å². The Kier molecular flexibility index (Phi) is 5.17. The third kappa shape index (κ3) is 4.07. The fourth-order valence-corrected chi connectivity index (χ4v) is 1.85. The predicted octanol–water partition coefficient (Wildman–Crippen LogP) is 2.18. The van der Waals surface area contributed by atoms with Gasteiger partial charge in [-0.15, -0.1) is 0 Å². The first-order valence-electron chi connectivity index (χ1n) is 6.84. The van der Waals surface area contributed by atoms with E-state index in [1.807, 2.05) is 0 Å². The molecule has 24 heavy (non-hydrogen) atoms. The SMILES string of the molecule is CCOC(=O)c1cc(-c2ccc(F)cn2)nn1CC(O)C(F)(F)F. The van der Waals surface area contributed by atoms with Gasteiger partial charge in [0.05, 0.1) is 25.0 Å². The normalized spacial score (nSPS) is 12.9. The van der Waals surface area contributed by atoms with E-state index in [1.165, 1.54) is 19.1 Å². The number of pyridine rings is 1. The molecule has 2 aromatic rings. The molecule has 1 N–H and O–H groups in total. The maximum Gasteiger partial charge on any atom is 0.416 e. The van der Waals surface area contributed by atoms with Crippen LogP contribution in [0.1, 0.15) is 17.4 Å². The standard InChI is InChI=1S/C14H13F4N3O3/c1-2-24-13(23)11-5-10(9-4-3-8(15)6-19-9)20-21(11)7-12(22)14(16,17)18/h3-6,12,22H,2,7H2,1H3. The summed E-state index contributed by atoms with van der Waals surface area (Å²) < 4.78 is 55.9. The third-order valence-electron chi connectivity index (χ3n) is 2.98. The van der Waals surface area contributed by atoms with Crippen molar-refractivity contribution in [2.45, 2.75) is 25.7 Å². The second kappa shape index (κ2) is 6.95. The van der Waals surface area contributed by atoms with Crippen LogP contribution in [0.2, 0.25) is 0 Å². The lowest BCUT2D eigenvalue weighted by atomic mass is 10.2. The lowest BCUT2D eigenvalue weighted by Crippen LogP contribution is -2.34. The van der Waals surface area contributed by atoms with Crippen LogP contribution in [0.4, 0.5) is 17.6 Å². The van der Waals surface area contributed by atoms with E-state index in [4.69, 9.17) is 4.74 Å². The minimum atomic E-state index is -4.87. The van der Waals surface area contributed by atoms with Crippen LogP contribution in [0.15, 0.2) is 24.4 Å². The van der Waals surface area contributed by atoms with Gasteiger partial charge in [0.25, 0.3) is 0 Å². The molecule has 1 unspecified atom stereocenters. The molecule has 2 heterocycles. The Balaban J connectivity index is 2.39. The highest BCUT2D eigenvalue weighted by Gasteiger charge is 2.39. The van der Waals surface area contributed by atoms with E-state index < -0.39 is 30.6 Å². The van der Waals surface area contributed by atoms with Crippen LogP contribution in [0.5, 0.6) is 0 Å². The molecular weight excluding hydrogens is 334 g/mol. The first kappa shape index (κ1) is 17.9. The zero-order chi connectivity index (χ0) is 17.9. The summed E-state index contributed by atoms with van der Waals surface area (Å²) in [5, 5.41) is 13.0. The van der Waals surface area contributed by atoms with Crippen molar-refractivity contribution in [1.29, 1.82) is 0 Å². The highest BCUT2D eigenvalue weighted by molar-refractivity contribution is 5.88. The fraction of sp³-hybridized carbons (Fsp3) is 0.357. The van der Waals surface area contributed by atoms with Crippen molar-refractivity contribution in [2.24, 2.45) is 0 Å². The Morgan fingerprint density at radius 2 is 2.08 bits per heavy atom. The van der Waals surface area contributed by atoms with Crippen LogP contribution in [0.3, 0.4) is 0 Å².